The Morgan fingerprint density at radius 1 is 1.41 bits per heavy atom. The number of hydrogen-bond acceptors (Lipinski definition) is 4. The Labute approximate surface area is 105 Å². The van der Waals surface area contributed by atoms with Gasteiger partial charge in [0.2, 0.25) is 0 Å². The summed E-state index contributed by atoms with van der Waals surface area (Å²) in [6.07, 6.45) is 4.79. The average Bonchev–Trinajstić information content (AvgIpc) is 3.13. The maximum atomic E-state index is 10.5. The number of hydrogen-bond donors (Lipinski definition) is 2. The predicted molar refractivity (Wildman–Crippen MR) is 69.9 cm³/mol. The van der Waals surface area contributed by atoms with Gasteiger partial charge in [-0.3, -0.25) is 4.90 Å². The summed E-state index contributed by atoms with van der Waals surface area (Å²) < 4.78 is 0. The summed E-state index contributed by atoms with van der Waals surface area (Å²) in [5, 5.41) is 10.5. The molecule has 0 spiro atoms. The van der Waals surface area contributed by atoms with Crippen LogP contribution in [0.5, 0.6) is 0 Å². The van der Waals surface area contributed by atoms with Crippen LogP contribution >= 0.6 is 0 Å². The van der Waals surface area contributed by atoms with Gasteiger partial charge in [0.15, 0.2) is 0 Å². The number of aliphatic hydroxyl groups is 1. The predicted octanol–water partition coefficient (Wildman–Crippen LogP) is 0.112. The van der Waals surface area contributed by atoms with Crippen molar-refractivity contribution < 1.29 is 5.11 Å². The number of likely N-dealkylation sites (tertiary alicyclic amines) is 1. The molecule has 17 heavy (non-hydrogen) atoms. The van der Waals surface area contributed by atoms with Gasteiger partial charge in [-0.2, -0.15) is 0 Å². The van der Waals surface area contributed by atoms with Gasteiger partial charge in [-0.25, -0.2) is 0 Å². The van der Waals surface area contributed by atoms with E-state index in [2.05, 4.69) is 23.9 Å². The maximum Gasteiger partial charge on any atom is 0.0923 e. The van der Waals surface area contributed by atoms with E-state index in [1.54, 1.807) is 0 Å². The lowest BCUT2D eigenvalue weighted by Gasteiger charge is -2.40. The Hall–Kier alpha value is -0.160. The third-order valence-electron chi connectivity index (χ3n) is 4.44. The van der Waals surface area contributed by atoms with E-state index in [-0.39, 0.29) is 0 Å². The molecule has 2 rings (SSSR count). The first-order valence-electron chi connectivity index (χ1n) is 6.86. The molecule has 3 N–H and O–H groups in total. The van der Waals surface area contributed by atoms with Crippen molar-refractivity contribution in [3.05, 3.63) is 0 Å². The summed E-state index contributed by atoms with van der Waals surface area (Å²) in [6.45, 7) is 3.44. The van der Waals surface area contributed by atoms with Crippen molar-refractivity contribution in [1.29, 1.82) is 0 Å². The molecule has 4 nitrogen and oxygen atoms in total. The van der Waals surface area contributed by atoms with Crippen LogP contribution in [0.4, 0.5) is 0 Å². The fraction of sp³-hybridized carbons (Fsp3) is 1.00. The molecule has 2 atom stereocenters. The fourth-order valence-electron chi connectivity index (χ4n) is 3.04. The number of nitrogens with zero attached hydrogens (tertiary/aromatic N) is 2. The minimum Gasteiger partial charge on any atom is -0.387 e. The van der Waals surface area contributed by atoms with Gasteiger partial charge >= 0.3 is 0 Å². The molecule has 0 aromatic heterocycles. The molecule has 100 valence electrons. The summed E-state index contributed by atoms with van der Waals surface area (Å²) in [4.78, 5) is 4.70. The second-order valence-corrected chi connectivity index (χ2v) is 6.06. The molecule has 1 heterocycles. The molecular weight excluding hydrogens is 214 g/mol. The van der Waals surface area contributed by atoms with Crippen LogP contribution in [0.25, 0.3) is 0 Å². The maximum absolute atomic E-state index is 10.5. The third-order valence-corrected chi connectivity index (χ3v) is 4.44. The first kappa shape index (κ1) is 13.3. The van der Waals surface area contributed by atoms with Crippen LogP contribution in [0, 0.1) is 5.92 Å². The zero-order valence-electron chi connectivity index (χ0n) is 11.2. The van der Waals surface area contributed by atoms with Crippen molar-refractivity contribution in [3.63, 3.8) is 0 Å². The number of nitrogens with two attached hydrogens (primary N) is 1. The molecule has 2 fully saturated rings. The van der Waals surface area contributed by atoms with E-state index in [4.69, 9.17) is 5.73 Å². The summed E-state index contributed by atoms with van der Waals surface area (Å²) in [5.41, 5.74) is 5.12. The van der Waals surface area contributed by atoms with Crippen LogP contribution in [-0.2, 0) is 0 Å². The topological polar surface area (TPSA) is 52.7 Å². The molecule has 0 aromatic rings. The molecular formula is C13H27N3O. The lowest BCUT2D eigenvalue weighted by Crippen LogP contribution is -2.54. The van der Waals surface area contributed by atoms with Crippen molar-refractivity contribution in [2.24, 2.45) is 11.7 Å². The molecule has 0 aromatic carbocycles. The summed E-state index contributed by atoms with van der Waals surface area (Å²) in [7, 11) is 4.31. The van der Waals surface area contributed by atoms with Crippen LogP contribution in [0.3, 0.4) is 0 Å². The van der Waals surface area contributed by atoms with E-state index >= 15 is 0 Å². The van der Waals surface area contributed by atoms with Gasteiger partial charge < -0.3 is 15.7 Å². The molecule has 2 unspecified atom stereocenters. The van der Waals surface area contributed by atoms with Crippen molar-refractivity contribution >= 4 is 0 Å². The average molecular weight is 241 g/mol. The molecule has 0 bridgehead atoms. The van der Waals surface area contributed by atoms with E-state index in [0.29, 0.717) is 18.5 Å². The largest absolute Gasteiger partial charge is 0.387 e. The van der Waals surface area contributed by atoms with Crippen LogP contribution in [0.2, 0.25) is 0 Å². The first-order chi connectivity index (χ1) is 8.05. The van der Waals surface area contributed by atoms with Crippen molar-refractivity contribution in [2.75, 3.05) is 40.3 Å². The number of rotatable bonds is 5. The summed E-state index contributed by atoms with van der Waals surface area (Å²) in [5.74, 6) is 0.441. The van der Waals surface area contributed by atoms with Crippen LogP contribution in [0.15, 0.2) is 0 Å². The van der Waals surface area contributed by atoms with E-state index in [0.717, 1.165) is 25.9 Å². The summed E-state index contributed by atoms with van der Waals surface area (Å²) >= 11 is 0. The number of piperidine rings is 1. The van der Waals surface area contributed by atoms with Gasteiger partial charge in [0.05, 0.1) is 5.60 Å². The minimum absolute atomic E-state index is 0.393. The van der Waals surface area contributed by atoms with Crippen LogP contribution in [0.1, 0.15) is 25.7 Å². The Morgan fingerprint density at radius 2 is 2.12 bits per heavy atom. The zero-order chi connectivity index (χ0) is 12.5. The smallest absolute Gasteiger partial charge is 0.0923 e. The fourth-order valence-corrected chi connectivity index (χ4v) is 3.04. The monoisotopic (exact) mass is 241 g/mol. The molecule has 0 radical (unpaired) electrons. The Balaban J connectivity index is 1.88. The third kappa shape index (κ3) is 3.19. The van der Waals surface area contributed by atoms with Gasteiger partial charge in [0.1, 0.15) is 0 Å². The van der Waals surface area contributed by atoms with Gasteiger partial charge in [-0.05, 0) is 52.2 Å². The van der Waals surface area contributed by atoms with Crippen molar-refractivity contribution in [3.8, 4) is 0 Å². The molecule has 1 saturated heterocycles. The van der Waals surface area contributed by atoms with Crippen LogP contribution < -0.4 is 5.73 Å². The van der Waals surface area contributed by atoms with E-state index in [9.17, 15) is 5.11 Å². The molecule has 1 saturated carbocycles. The highest BCUT2D eigenvalue weighted by Gasteiger charge is 2.44. The highest BCUT2D eigenvalue weighted by molar-refractivity contribution is 4.98. The van der Waals surface area contributed by atoms with Crippen molar-refractivity contribution in [2.45, 2.75) is 37.3 Å². The van der Waals surface area contributed by atoms with Gasteiger partial charge in [0.25, 0.3) is 0 Å². The van der Waals surface area contributed by atoms with E-state index < -0.39 is 5.60 Å². The highest BCUT2D eigenvalue weighted by Crippen LogP contribution is 2.39. The second-order valence-electron chi connectivity index (χ2n) is 6.06. The molecule has 0 amide bonds. The highest BCUT2D eigenvalue weighted by atomic mass is 16.3. The first-order valence-corrected chi connectivity index (χ1v) is 6.86. The Bertz CT molecular complexity index is 257. The second kappa shape index (κ2) is 5.22. The van der Waals surface area contributed by atoms with Gasteiger partial charge in [-0.1, -0.05) is 0 Å². The molecule has 1 aliphatic carbocycles. The Kier molecular flexibility index (Phi) is 4.08. The lowest BCUT2D eigenvalue weighted by atomic mass is 9.95. The van der Waals surface area contributed by atoms with Crippen LogP contribution in [-0.4, -0.2) is 66.8 Å². The minimum atomic E-state index is -0.648. The summed E-state index contributed by atoms with van der Waals surface area (Å²) in [6, 6.07) is 0.575. The quantitative estimate of drug-likeness (QED) is 0.717. The lowest BCUT2D eigenvalue weighted by molar-refractivity contribution is -0.0193. The standard InChI is InChI=1S/C13H27N3O/c1-15-7-3-4-12(8-15)16(2)10-13(17,9-14)11-5-6-11/h11-12,17H,3-10,14H2,1-2H3. The van der Waals surface area contributed by atoms with E-state index in [1.807, 2.05) is 0 Å². The zero-order valence-corrected chi connectivity index (χ0v) is 11.2. The molecule has 4 heteroatoms. The van der Waals surface area contributed by atoms with Gasteiger partial charge in [-0.15, -0.1) is 0 Å². The number of likely N-dealkylation sites (N-methyl/N-ethyl adjacent to an activating group) is 2. The van der Waals surface area contributed by atoms with E-state index in [1.165, 1.54) is 19.4 Å². The SMILES string of the molecule is CN1CCCC(N(C)CC(O)(CN)C2CC2)C1. The molecule has 2 aliphatic rings. The van der Waals surface area contributed by atoms with Gasteiger partial charge in [0, 0.05) is 25.7 Å². The normalized spacial score (nSPS) is 30.5. The molecule has 1 aliphatic heterocycles. The van der Waals surface area contributed by atoms with Crippen molar-refractivity contribution in [1.82, 2.24) is 9.80 Å². The Morgan fingerprint density at radius 3 is 2.65 bits per heavy atom.